The van der Waals surface area contributed by atoms with Gasteiger partial charge in [-0.3, -0.25) is 19.7 Å². The van der Waals surface area contributed by atoms with Crippen LogP contribution in [0.25, 0.3) is 0 Å². The topological polar surface area (TPSA) is 111 Å². The molecule has 0 saturated heterocycles. The fraction of sp³-hybridized carbons (Fsp3) is 0.125. The maximum Gasteiger partial charge on any atom is 0.311 e. The maximum atomic E-state index is 12.0. The van der Waals surface area contributed by atoms with Gasteiger partial charge in [0.25, 0.3) is 5.91 Å². The number of nitrogens with zero attached hydrogens (tertiary/aromatic N) is 1. The molecule has 0 radical (unpaired) electrons. The highest BCUT2D eigenvalue weighted by Crippen LogP contribution is 2.27. The number of anilines is 1. The largest absolute Gasteiger partial charge is 0.490 e. The Labute approximate surface area is 147 Å². The van der Waals surface area contributed by atoms with E-state index in [1.54, 1.807) is 24.3 Å². The van der Waals surface area contributed by atoms with E-state index >= 15 is 0 Å². The molecule has 0 aliphatic heterocycles. The van der Waals surface area contributed by atoms with E-state index in [-0.39, 0.29) is 23.5 Å². The van der Waals surface area contributed by atoms with Gasteiger partial charge < -0.3 is 15.4 Å². The summed E-state index contributed by atoms with van der Waals surface area (Å²) < 4.78 is 4.87. The number of nitro benzene ring substituents is 1. The predicted octanol–water partition coefficient (Wildman–Crippen LogP) is 2.63. The van der Waals surface area contributed by atoms with E-state index < -0.39 is 16.7 Å². The van der Waals surface area contributed by atoms with E-state index in [2.05, 4.69) is 10.6 Å². The van der Waals surface area contributed by atoms with E-state index in [4.69, 9.17) is 16.3 Å². The highest BCUT2D eigenvalue weighted by molar-refractivity contribution is 6.30. The first kappa shape index (κ1) is 18.2. The van der Waals surface area contributed by atoms with Crippen molar-refractivity contribution in [2.45, 2.75) is 0 Å². The first-order valence-electron chi connectivity index (χ1n) is 7.06. The lowest BCUT2D eigenvalue weighted by molar-refractivity contribution is -0.385. The van der Waals surface area contributed by atoms with Gasteiger partial charge in [-0.1, -0.05) is 11.6 Å². The van der Waals surface area contributed by atoms with E-state index in [9.17, 15) is 19.7 Å². The van der Waals surface area contributed by atoms with Crippen molar-refractivity contribution in [1.82, 2.24) is 5.32 Å². The van der Waals surface area contributed by atoms with Crippen LogP contribution in [0.4, 0.5) is 11.4 Å². The van der Waals surface area contributed by atoms with Gasteiger partial charge in [0.15, 0.2) is 5.75 Å². The Hall–Kier alpha value is -3.13. The zero-order valence-electron chi connectivity index (χ0n) is 13.1. The lowest BCUT2D eigenvalue weighted by Crippen LogP contribution is -2.32. The molecule has 2 N–H and O–H groups in total. The molecule has 0 heterocycles. The van der Waals surface area contributed by atoms with Crippen LogP contribution in [0.1, 0.15) is 10.4 Å². The highest BCUT2D eigenvalue weighted by Gasteiger charge is 2.18. The Balaban J connectivity index is 1.97. The molecular formula is C16H14ClN3O5. The Kier molecular flexibility index (Phi) is 5.91. The molecule has 130 valence electrons. The van der Waals surface area contributed by atoms with Gasteiger partial charge in [-0.2, -0.15) is 0 Å². The van der Waals surface area contributed by atoms with Gasteiger partial charge in [-0.05, 0) is 36.4 Å². The summed E-state index contributed by atoms with van der Waals surface area (Å²) in [5.74, 6) is -1.02. The van der Waals surface area contributed by atoms with Crippen LogP contribution in [0.5, 0.6) is 5.75 Å². The number of ether oxygens (including phenoxy) is 1. The summed E-state index contributed by atoms with van der Waals surface area (Å²) in [7, 11) is 1.29. The molecule has 0 unspecified atom stereocenters. The Morgan fingerprint density at radius 1 is 1.20 bits per heavy atom. The molecule has 25 heavy (non-hydrogen) atoms. The third kappa shape index (κ3) is 4.92. The number of carbonyl (C=O) groups is 2. The second kappa shape index (κ2) is 8.11. The number of halogens is 1. The molecule has 2 amide bonds. The van der Waals surface area contributed by atoms with E-state index in [0.29, 0.717) is 10.7 Å². The maximum absolute atomic E-state index is 12.0. The third-order valence-corrected chi connectivity index (χ3v) is 3.43. The quantitative estimate of drug-likeness (QED) is 0.605. The standard InChI is InChI=1S/C16H14ClN3O5/c1-25-14-7-2-10(8-13(14)20(23)24)16(22)18-9-15(21)19-12-5-3-11(17)4-6-12/h2-8H,9H2,1H3,(H,18,22)(H,19,21). The van der Waals surface area contributed by atoms with Gasteiger partial charge in [-0.15, -0.1) is 0 Å². The zero-order valence-corrected chi connectivity index (χ0v) is 13.9. The molecule has 0 saturated carbocycles. The van der Waals surface area contributed by atoms with Crippen molar-refractivity contribution in [1.29, 1.82) is 0 Å². The molecule has 9 heteroatoms. The Bertz CT molecular complexity index is 808. The molecular weight excluding hydrogens is 350 g/mol. The van der Waals surface area contributed by atoms with Gasteiger partial charge in [0, 0.05) is 22.3 Å². The molecule has 2 aromatic carbocycles. The van der Waals surface area contributed by atoms with Crippen molar-refractivity contribution >= 4 is 34.8 Å². The summed E-state index contributed by atoms with van der Waals surface area (Å²) in [5, 5.41) is 16.5. The van der Waals surface area contributed by atoms with E-state index in [1.807, 2.05) is 0 Å². The van der Waals surface area contributed by atoms with Crippen LogP contribution < -0.4 is 15.4 Å². The van der Waals surface area contributed by atoms with Gasteiger partial charge in [0.05, 0.1) is 18.6 Å². The Morgan fingerprint density at radius 2 is 1.88 bits per heavy atom. The van der Waals surface area contributed by atoms with Crippen molar-refractivity contribution in [3.8, 4) is 5.75 Å². The summed E-state index contributed by atoms with van der Waals surface area (Å²) >= 11 is 5.75. The predicted molar refractivity (Wildman–Crippen MR) is 92.1 cm³/mol. The average molecular weight is 364 g/mol. The van der Waals surface area contributed by atoms with Crippen molar-refractivity contribution in [3.05, 3.63) is 63.2 Å². The molecule has 0 aromatic heterocycles. The molecule has 0 aliphatic rings. The number of carbonyl (C=O) groups excluding carboxylic acids is 2. The molecule has 0 bridgehead atoms. The minimum Gasteiger partial charge on any atom is -0.490 e. The van der Waals surface area contributed by atoms with Crippen molar-refractivity contribution < 1.29 is 19.2 Å². The summed E-state index contributed by atoms with van der Waals surface area (Å²) in [6.07, 6.45) is 0. The van der Waals surface area contributed by atoms with Crippen LogP contribution >= 0.6 is 11.6 Å². The van der Waals surface area contributed by atoms with Crippen LogP contribution in [0.3, 0.4) is 0 Å². The molecule has 2 aromatic rings. The number of amides is 2. The normalized spacial score (nSPS) is 10.0. The van der Waals surface area contributed by atoms with E-state index in [0.717, 1.165) is 6.07 Å². The van der Waals surface area contributed by atoms with Crippen molar-refractivity contribution in [2.24, 2.45) is 0 Å². The van der Waals surface area contributed by atoms with Gasteiger partial charge in [0.1, 0.15) is 0 Å². The fourth-order valence-electron chi connectivity index (χ4n) is 1.97. The summed E-state index contributed by atoms with van der Waals surface area (Å²) in [5.41, 5.74) is 0.247. The molecule has 0 spiro atoms. The fourth-order valence-corrected chi connectivity index (χ4v) is 2.10. The average Bonchev–Trinajstić information content (AvgIpc) is 2.61. The third-order valence-electron chi connectivity index (χ3n) is 3.18. The number of rotatable bonds is 6. The molecule has 2 rings (SSSR count). The number of hydrogen-bond donors (Lipinski definition) is 2. The summed E-state index contributed by atoms with van der Waals surface area (Å²) in [4.78, 5) is 34.2. The molecule has 0 atom stereocenters. The van der Waals surface area contributed by atoms with E-state index in [1.165, 1.54) is 19.2 Å². The highest BCUT2D eigenvalue weighted by atomic mass is 35.5. The second-order valence-electron chi connectivity index (χ2n) is 4.88. The summed E-state index contributed by atoms with van der Waals surface area (Å²) in [6, 6.07) is 10.3. The lowest BCUT2D eigenvalue weighted by atomic mass is 10.1. The number of benzene rings is 2. The van der Waals surface area contributed by atoms with Crippen LogP contribution in [-0.2, 0) is 4.79 Å². The number of hydrogen-bond acceptors (Lipinski definition) is 5. The SMILES string of the molecule is COc1ccc(C(=O)NCC(=O)Nc2ccc(Cl)cc2)cc1[N+](=O)[O-]. The van der Waals surface area contributed by atoms with Gasteiger partial charge in [-0.25, -0.2) is 0 Å². The lowest BCUT2D eigenvalue weighted by Gasteiger charge is -2.08. The number of methoxy groups -OCH3 is 1. The van der Waals surface area contributed by atoms with Crippen molar-refractivity contribution in [2.75, 3.05) is 19.0 Å². The number of nitrogens with one attached hydrogen (secondary N) is 2. The van der Waals surface area contributed by atoms with Crippen molar-refractivity contribution in [3.63, 3.8) is 0 Å². The minimum absolute atomic E-state index is 0.0435. The van der Waals surface area contributed by atoms with Crippen LogP contribution in [0, 0.1) is 10.1 Å². The van der Waals surface area contributed by atoms with Crippen LogP contribution in [0.2, 0.25) is 5.02 Å². The second-order valence-corrected chi connectivity index (χ2v) is 5.32. The zero-order chi connectivity index (χ0) is 18.4. The molecule has 0 aliphatic carbocycles. The molecule has 8 nitrogen and oxygen atoms in total. The Morgan fingerprint density at radius 3 is 2.48 bits per heavy atom. The first-order valence-corrected chi connectivity index (χ1v) is 7.44. The smallest absolute Gasteiger partial charge is 0.311 e. The van der Waals surface area contributed by atoms with Gasteiger partial charge in [0.2, 0.25) is 5.91 Å². The first-order chi connectivity index (χ1) is 11.9. The monoisotopic (exact) mass is 363 g/mol. The summed E-state index contributed by atoms with van der Waals surface area (Å²) in [6.45, 7) is -0.290. The van der Waals surface area contributed by atoms with Crippen LogP contribution in [0.15, 0.2) is 42.5 Å². The molecule has 0 fully saturated rings. The van der Waals surface area contributed by atoms with Crippen LogP contribution in [-0.4, -0.2) is 30.4 Å². The minimum atomic E-state index is -0.650. The number of nitro groups is 1. The van der Waals surface area contributed by atoms with Gasteiger partial charge >= 0.3 is 5.69 Å².